The van der Waals surface area contributed by atoms with Gasteiger partial charge >= 0.3 is 0 Å². The monoisotopic (exact) mass is 210 g/mol. The minimum Gasteiger partial charge on any atom is -0.353 e. The summed E-state index contributed by atoms with van der Waals surface area (Å²) in [5.41, 5.74) is 6.68. The highest BCUT2D eigenvalue weighted by Crippen LogP contribution is 1.93. The zero-order valence-electron chi connectivity index (χ0n) is 9.23. The molecule has 1 aromatic rings. The lowest BCUT2D eigenvalue weighted by Gasteiger charge is -2.09. The summed E-state index contributed by atoms with van der Waals surface area (Å²) in [7, 11) is 0. The van der Waals surface area contributed by atoms with Gasteiger partial charge in [-0.3, -0.25) is 9.48 Å². The van der Waals surface area contributed by atoms with Gasteiger partial charge in [-0.1, -0.05) is 6.92 Å². The van der Waals surface area contributed by atoms with Crippen molar-refractivity contribution in [2.45, 2.75) is 32.9 Å². The predicted molar refractivity (Wildman–Crippen MR) is 58.2 cm³/mol. The number of nitrogens with two attached hydrogens (primary N) is 1. The minimum absolute atomic E-state index is 0.0959. The largest absolute Gasteiger partial charge is 0.353 e. The van der Waals surface area contributed by atoms with Gasteiger partial charge in [0.2, 0.25) is 5.91 Å². The Morgan fingerprint density at radius 1 is 1.73 bits per heavy atom. The first-order valence-electron chi connectivity index (χ1n) is 5.16. The van der Waals surface area contributed by atoms with Crippen molar-refractivity contribution in [3.63, 3.8) is 0 Å². The minimum atomic E-state index is -0.399. The highest BCUT2D eigenvalue weighted by atomic mass is 16.2. The molecule has 1 rings (SSSR count). The SMILES string of the molecule is CCC(N)C(=O)NCCn1cc(C)cn1. The maximum atomic E-state index is 11.3. The number of nitrogens with one attached hydrogen (secondary N) is 1. The Labute approximate surface area is 89.6 Å². The van der Waals surface area contributed by atoms with E-state index in [-0.39, 0.29) is 5.91 Å². The van der Waals surface area contributed by atoms with Crippen molar-refractivity contribution in [3.8, 4) is 0 Å². The van der Waals surface area contributed by atoms with Crippen molar-refractivity contribution in [2.75, 3.05) is 6.54 Å². The van der Waals surface area contributed by atoms with E-state index in [1.54, 1.807) is 10.9 Å². The Hall–Kier alpha value is -1.36. The molecule has 1 atom stereocenters. The zero-order valence-corrected chi connectivity index (χ0v) is 9.23. The number of carbonyl (C=O) groups excluding carboxylic acids is 1. The van der Waals surface area contributed by atoms with Gasteiger partial charge < -0.3 is 11.1 Å². The lowest BCUT2D eigenvalue weighted by molar-refractivity contribution is -0.122. The van der Waals surface area contributed by atoms with Crippen molar-refractivity contribution >= 4 is 5.91 Å². The Morgan fingerprint density at radius 3 is 3.00 bits per heavy atom. The third-order valence-electron chi connectivity index (χ3n) is 2.18. The average Bonchev–Trinajstić information content (AvgIpc) is 2.63. The van der Waals surface area contributed by atoms with Crippen molar-refractivity contribution < 1.29 is 4.79 Å². The van der Waals surface area contributed by atoms with Crippen LogP contribution in [0.5, 0.6) is 0 Å². The van der Waals surface area contributed by atoms with Crippen molar-refractivity contribution in [2.24, 2.45) is 5.73 Å². The fraction of sp³-hybridized carbons (Fsp3) is 0.600. The molecule has 5 nitrogen and oxygen atoms in total. The molecule has 0 aliphatic rings. The first kappa shape index (κ1) is 11.7. The van der Waals surface area contributed by atoms with E-state index < -0.39 is 6.04 Å². The van der Waals surface area contributed by atoms with E-state index in [0.29, 0.717) is 19.5 Å². The molecule has 0 radical (unpaired) electrons. The first-order chi connectivity index (χ1) is 7.13. The Morgan fingerprint density at radius 2 is 2.47 bits per heavy atom. The van der Waals surface area contributed by atoms with Gasteiger partial charge in [-0.25, -0.2) is 0 Å². The molecule has 1 amide bonds. The maximum absolute atomic E-state index is 11.3. The van der Waals surface area contributed by atoms with E-state index in [1.807, 2.05) is 20.0 Å². The van der Waals surface area contributed by atoms with E-state index in [9.17, 15) is 4.79 Å². The van der Waals surface area contributed by atoms with Crippen LogP contribution < -0.4 is 11.1 Å². The number of aryl methyl sites for hydroxylation is 1. The first-order valence-corrected chi connectivity index (χ1v) is 5.16. The van der Waals surface area contributed by atoms with E-state index in [2.05, 4.69) is 10.4 Å². The van der Waals surface area contributed by atoms with Crippen molar-refractivity contribution in [3.05, 3.63) is 18.0 Å². The van der Waals surface area contributed by atoms with Crippen LogP contribution in [0.2, 0.25) is 0 Å². The highest BCUT2D eigenvalue weighted by Gasteiger charge is 2.09. The van der Waals surface area contributed by atoms with Crippen LogP contribution in [0.3, 0.4) is 0 Å². The Kier molecular flexibility index (Phi) is 4.30. The van der Waals surface area contributed by atoms with Gasteiger partial charge in [-0.2, -0.15) is 5.10 Å². The van der Waals surface area contributed by atoms with Crippen LogP contribution >= 0.6 is 0 Å². The average molecular weight is 210 g/mol. The lowest BCUT2D eigenvalue weighted by atomic mass is 10.2. The smallest absolute Gasteiger partial charge is 0.236 e. The molecule has 0 aliphatic carbocycles. The summed E-state index contributed by atoms with van der Waals surface area (Å²) in [6.07, 6.45) is 4.39. The second kappa shape index (κ2) is 5.50. The summed E-state index contributed by atoms with van der Waals surface area (Å²) in [4.78, 5) is 11.3. The number of aromatic nitrogens is 2. The number of rotatable bonds is 5. The normalized spacial score (nSPS) is 12.5. The standard InChI is InChI=1S/C10H18N4O/c1-3-9(11)10(15)12-4-5-14-7-8(2)6-13-14/h6-7,9H,3-5,11H2,1-2H3,(H,12,15). The third kappa shape index (κ3) is 3.71. The second-order valence-electron chi connectivity index (χ2n) is 3.59. The highest BCUT2D eigenvalue weighted by molar-refractivity contribution is 5.81. The van der Waals surface area contributed by atoms with Crippen molar-refractivity contribution in [1.29, 1.82) is 0 Å². The van der Waals surface area contributed by atoms with Crippen LogP contribution in [-0.4, -0.2) is 28.3 Å². The van der Waals surface area contributed by atoms with Gasteiger partial charge in [0.05, 0.1) is 18.8 Å². The summed E-state index contributed by atoms with van der Waals surface area (Å²) >= 11 is 0. The van der Waals surface area contributed by atoms with Gasteiger partial charge in [0.25, 0.3) is 0 Å². The molecule has 1 aromatic heterocycles. The topological polar surface area (TPSA) is 72.9 Å². The molecule has 0 aromatic carbocycles. The lowest BCUT2D eigenvalue weighted by Crippen LogP contribution is -2.41. The van der Waals surface area contributed by atoms with Crippen LogP contribution in [0.15, 0.2) is 12.4 Å². The predicted octanol–water partition coefficient (Wildman–Crippen LogP) is 0.0450. The third-order valence-corrected chi connectivity index (χ3v) is 2.18. The molecule has 0 aliphatic heterocycles. The molecule has 0 bridgehead atoms. The molecule has 1 heterocycles. The van der Waals surface area contributed by atoms with E-state index in [4.69, 9.17) is 5.73 Å². The molecular formula is C10H18N4O. The van der Waals surface area contributed by atoms with Crippen LogP contribution in [0.1, 0.15) is 18.9 Å². The van der Waals surface area contributed by atoms with E-state index >= 15 is 0 Å². The number of carbonyl (C=O) groups is 1. The Balaban J connectivity index is 2.24. The van der Waals surface area contributed by atoms with Crippen molar-refractivity contribution in [1.82, 2.24) is 15.1 Å². The zero-order chi connectivity index (χ0) is 11.3. The molecule has 0 spiro atoms. The molecule has 84 valence electrons. The van der Waals surface area contributed by atoms with Gasteiger partial charge in [0, 0.05) is 12.7 Å². The quantitative estimate of drug-likeness (QED) is 0.721. The Bertz CT molecular complexity index is 321. The molecule has 0 saturated carbocycles. The summed E-state index contributed by atoms with van der Waals surface area (Å²) in [6.45, 7) is 5.11. The maximum Gasteiger partial charge on any atom is 0.236 e. The molecule has 15 heavy (non-hydrogen) atoms. The van der Waals surface area contributed by atoms with Crippen LogP contribution in [0.4, 0.5) is 0 Å². The molecule has 0 saturated heterocycles. The summed E-state index contributed by atoms with van der Waals surface area (Å²) < 4.78 is 1.80. The van der Waals surface area contributed by atoms with E-state index in [0.717, 1.165) is 5.56 Å². The number of nitrogens with zero attached hydrogens (tertiary/aromatic N) is 2. The molecule has 1 unspecified atom stereocenters. The summed E-state index contributed by atoms with van der Waals surface area (Å²) in [6, 6.07) is -0.399. The van der Waals surface area contributed by atoms with Gasteiger partial charge in [-0.15, -0.1) is 0 Å². The number of hydrogen-bond donors (Lipinski definition) is 2. The van der Waals surface area contributed by atoms with E-state index in [1.165, 1.54) is 0 Å². The molecule has 0 fully saturated rings. The fourth-order valence-corrected chi connectivity index (χ4v) is 1.20. The second-order valence-corrected chi connectivity index (χ2v) is 3.59. The fourth-order valence-electron chi connectivity index (χ4n) is 1.20. The number of hydrogen-bond acceptors (Lipinski definition) is 3. The number of amides is 1. The van der Waals surface area contributed by atoms with Gasteiger partial charge in [0.15, 0.2) is 0 Å². The summed E-state index contributed by atoms with van der Waals surface area (Å²) in [5, 5.41) is 6.88. The molecule has 5 heteroatoms. The summed E-state index contributed by atoms with van der Waals surface area (Å²) in [5.74, 6) is -0.0959. The van der Waals surface area contributed by atoms with Gasteiger partial charge in [-0.05, 0) is 18.9 Å². The van der Waals surface area contributed by atoms with Crippen LogP contribution in [0, 0.1) is 6.92 Å². The van der Waals surface area contributed by atoms with Gasteiger partial charge in [0.1, 0.15) is 0 Å². The van der Waals surface area contributed by atoms with Crippen LogP contribution in [-0.2, 0) is 11.3 Å². The molecule has 3 N–H and O–H groups in total. The van der Waals surface area contributed by atoms with Crippen LogP contribution in [0.25, 0.3) is 0 Å². The molecular weight excluding hydrogens is 192 g/mol.